The van der Waals surface area contributed by atoms with Crippen LogP contribution in [0.4, 0.5) is 5.69 Å². The van der Waals surface area contributed by atoms with Gasteiger partial charge in [-0.2, -0.15) is 0 Å². The molecule has 1 aromatic heterocycles. The lowest BCUT2D eigenvalue weighted by atomic mass is 10.0. The summed E-state index contributed by atoms with van der Waals surface area (Å²) in [4.78, 5) is 16.4. The SMILES string of the molecule is COc1ccc(S(=O)(=O)c2ncccc2CNc2c(C)ccc(C)c2C(=O)NO)cc1. The monoisotopic (exact) mass is 441 g/mol. The zero-order chi connectivity index (χ0) is 22.6. The molecule has 0 aliphatic heterocycles. The van der Waals surface area contributed by atoms with E-state index < -0.39 is 15.7 Å². The maximum Gasteiger partial charge on any atom is 0.277 e. The van der Waals surface area contributed by atoms with Crippen LogP contribution in [0.1, 0.15) is 27.0 Å². The Balaban J connectivity index is 1.97. The molecule has 162 valence electrons. The number of ether oxygens (including phenoxy) is 1. The van der Waals surface area contributed by atoms with Crippen molar-refractivity contribution in [1.29, 1.82) is 0 Å². The van der Waals surface area contributed by atoms with Crippen molar-refractivity contribution in [1.82, 2.24) is 10.5 Å². The van der Waals surface area contributed by atoms with Crippen LogP contribution >= 0.6 is 0 Å². The number of amides is 1. The fourth-order valence-electron chi connectivity index (χ4n) is 3.24. The Morgan fingerprint density at radius 3 is 2.39 bits per heavy atom. The predicted molar refractivity (Wildman–Crippen MR) is 115 cm³/mol. The van der Waals surface area contributed by atoms with Crippen molar-refractivity contribution in [2.45, 2.75) is 30.3 Å². The summed E-state index contributed by atoms with van der Waals surface area (Å²) < 4.78 is 31.4. The molecule has 0 aliphatic carbocycles. The second-order valence-corrected chi connectivity index (χ2v) is 8.76. The minimum Gasteiger partial charge on any atom is -0.497 e. The van der Waals surface area contributed by atoms with Gasteiger partial charge in [0.05, 0.1) is 23.3 Å². The molecule has 2 aromatic carbocycles. The molecule has 1 heterocycles. The number of pyridine rings is 1. The van der Waals surface area contributed by atoms with Gasteiger partial charge < -0.3 is 10.1 Å². The Morgan fingerprint density at radius 2 is 1.74 bits per heavy atom. The molecular weight excluding hydrogens is 418 g/mol. The minimum absolute atomic E-state index is 0.0777. The Labute approximate surface area is 180 Å². The average molecular weight is 442 g/mol. The number of carbonyl (C=O) groups excluding carboxylic acids is 1. The van der Waals surface area contributed by atoms with Crippen LogP contribution in [0.25, 0.3) is 0 Å². The van der Waals surface area contributed by atoms with E-state index in [0.29, 0.717) is 22.6 Å². The smallest absolute Gasteiger partial charge is 0.277 e. The summed E-state index contributed by atoms with van der Waals surface area (Å²) in [7, 11) is -2.37. The Hall–Kier alpha value is -3.43. The predicted octanol–water partition coefficient (Wildman–Crippen LogP) is 3.27. The summed E-state index contributed by atoms with van der Waals surface area (Å²) in [5.41, 5.74) is 4.32. The summed E-state index contributed by atoms with van der Waals surface area (Å²) in [6.07, 6.45) is 1.42. The van der Waals surface area contributed by atoms with Gasteiger partial charge in [-0.25, -0.2) is 18.9 Å². The first kappa shape index (κ1) is 22.3. The van der Waals surface area contributed by atoms with E-state index in [-0.39, 0.29) is 22.0 Å². The van der Waals surface area contributed by atoms with E-state index in [1.165, 1.54) is 25.4 Å². The highest BCUT2D eigenvalue weighted by atomic mass is 32.2. The van der Waals surface area contributed by atoms with E-state index in [4.69, 9.17) is 9.94 Å². The summed E-state index contributed by atoms with van der Waals surface area (Å²) in [6, 6.07) is 13.0. The van der Waals surface area contributed by atoms with Crippen LogP contribution in [-0.4, -0.2) is 31.6 Å². The van der Waals surface area contributed by atoms with Crippen LogP contribution in [0.2, 0.25) is 0 Å². The molecule has 1 amide bonds. The maximum atomic E-state index is 13.2. The number of rotatable bonds is 7. The summed E-state index contributed by atoms with van der Waals surface area (Å²) >= 11 is 0. The number of aryl methyl sites for hydroxylation is 2. The number of sulfone groups is 1. The van der Waals surface area contributed by atoms with Crippen molar-refractivity contribution in [2.24, 2.45) is 0 Å². The standard InChI is InChI=1S/C22H23N3O5S/c1-14-6-7-15(2)20(19(14)21(26)25-27)24-13-16-5-4-12-23-22(16)31(28,29)18-10-8-17(30-3)9-11-18/h4-12,24,27H,13H2,1-3H3,(H,25,26). The fraction of sp³-hybridized carbons (Fsp3) is 0.182. The highest BCUT2D eigenvalue weighted by Gasteiger charge is 2.23. The average Bonchev–Trinajstić information content (AvgIpc) is 2.79. The summed E-state index contributed by atoms with van der Waals surface area (Å²) in [5.74, 6) is -0.104. The second-order valence-electron chi connectivity index (χ2n) is 6.89. The van der Waals surface area contributed by atoms with E-state index in [0.717, 1.165) is 5.56 Å². The van der Waals surface area contributed by atoms with Gasteiger partial charge in [0.25, 0.3) is 5.91 Å². The molecule has 0 saturated carbocycles. The first-order chi connectivity index (χ1) is 14.8. The highest BCUT2D eigenvalue weighted by molar-refractivity contribution is 7.91. The van der Waals surface area contributed by atoms with Crippen LogP contribution in [0.15, 0.2) is 64.6 Å². The number of nitrogens with one attached hydrogen (secondary N) is 2. The van der Waals surface area contributed by atoms with Gasteiger partial charge in [-0.3, -0.25) is 10.0 Å². The molecule has 0 aliphatic rings. The number of anilines is 1. The van der Waals surface area contributed by atoms with Gasteiger partial charge in [0.15, 0.2) is 5.03 Å². The second kappa shape index (κ2) is 9.15. The summed E-state index contributed by atoms with van der Waals surface area (Å²) in [5, 5.41) is 12.2. The lowest BCUT2D eigenvalue weighted by Crippen LogP contribution is -2.22. The lowest BCUT2D eigenvalue weighted by Gasteiger charge is -2.17. The number of aromatic nitrogens is 1. The molecule has 0 atom stereocenters. The third-order valence-corrected chi connectivity index (χ3v) is 6.65. The van der Waals surface area contributed by atoms with Crippen LogP contribution in [0.3, 0.4) is 0 Å². The van der Waals surface area contributed by atoms with Crippen molar-refractivity contribution in [3.63, 3.8) is 0 Å². The van der Waals surface area contributed by atoms with Crippen LogP contribution in [-0.2, 0) is 16.4 Å². The first-order valence-corrected chi connectivity index (χ1v) is 10.9. The molecule has 0 fully saturated rings. The lowest BCUT2D eigenvalue weighted by molar-refractivity contribution is 0.0706. The van der Waals surface area contributed by atoms with Gasteiger partial charge in [0, 0.05) is 18.3 Å². The first-order valence-electron chi connectivity index (χ1n) is 9.41. The van der Waals surface area contributed by atoms with Crippen molar-refractivity contribution in [2.75, 3.05) is 12.4 Å². The summed E-state index contributed by atoms with van der Waals surface area (Å²) in [6.45, 7) is 3.67. The molecule has 0 unspecified atom stereocenters. The molecule has 9 heteroatoms. The molecule has 8 nitrogen and oxygen atoms in total. The minimum atomic E-state index is -3.87. The zero-order valence-corrected chi connectivity index (χ0v) is 18.2. The normalized spacial score (nSPS) is 11.1. The topological polar surface area (TPSA) is 118 Å². The van der Waals surface area contributed by atoms with Gasteiger partial charge in [-0.05, 0) is 55.3 Å². The molecule has 3 N–H and O–H groups in total. The fourth-order valence-corrected chi connectivity index (χ4v) is 4.64. The van der Waals surface area contributed by atoms with Crippen LogP contribution in [0.5, 0.6) is 5.75 Å². The molecule has 3 aromatic rings. The van der Waals surface area contributed by atoms with Gasteiger partial charge in [-0.15, -0.1) is 0 Å². The van der Waals surface area contributed by atoms with E-state index in [9.17, 15) is 13.2 Å². The van der Waals surface area contributed by atoms with E-state index in [1.807, 2.05) is 13.0 Å². The van der Waals surface area contributed by atoms with E-state index in [2.05, 4.69) is 10.3 Å². The van der Waals surface area contributed by atoms with Gasteiger partial charge >= 0.3 is 0 Å². The van der Waals surface area contributed by atoms with E-state index >= 15 is 0 Å². The largest absolute Gasteiger partial charge is 0.497 e. The number of nitrogens with zero attached hydrogens (tertiary/aromatic N) is 1. The van der Waals surface area contributed by atoms with E-state index in [1.54, 1.807) is 42.7 Å². The molecule has 0 spiro atoms. The van der Waals surface area contributed by atoms with Gasteiger partial charge in [0.2, 0.25) is 9.84 Å². The molecule has 3 rings (SSSR count). The van der Waals surface area contributed by atoms with Gasteiger partial charge in [-0.1, -0.05) is 18.2 Å². The van der Waals surface area contributed by atoms with Crippen LogP contribution < -0.4 is 15.5 Å². The number of methoxy groups -OCH3 is 1. The molecule has 31 heavy (non-hydrogen) atoms. The number of hydrogen-bond donors (Lipinski definition) is 3. The number of benzene rings is 2. The molecule has 0 bridgehead atoms. The quantitative estimate of drug-likeness (QED) is 0.380. The third-order valence-electron chi connectivity index (χ3n) is 4.88. The van der Waals surface area contributed by atoms with Gasteiger partial charge in [0.1, 0.15) is 5.75 Å². The Morgan fingerprint density at radius 1 is 1.06 bits per heavy atom. The number of hydrogen-bond acceptors (Lipinski definition) is 7. The molecular formula is C22H23N3O5S. The molecule has 0 saturated heterocycles. The molecule has 0 radical (unpaired) electrons. The van der Waals surface area contributed by atoms with Crippen molar-refractivity contribution >= 4 is 21.4 Å². The maximum absolute atomic E-state index is 13.2. The Bertz CT molecular complexity index is 1210. The highest BCUT2D eigenvalue weighted by Crippen LogP contribution is 2.27. The number of carbonyl (C=O) groups is 1. The third kappa shape index (κ3) is 4.52. The van der Waals surface area contributed by atoms with Crippen LogP contribution in [0, 0.1) is 13.8 Å². The Kier molecular flexibility index (Phi) is 6.57. The zero-order valence-electron chi connectivity index (χ0n) is 17.3. The van der Waals surface area contributed by atoms with Crippen molar-refractivity contribution in [3.05, 3.63) is 77.0 Å². The van der Waals surface area contributed by atoms with Crippen molar-refractivity contribution in [3.8, 4) is 5.75 Å². The number of hydroxylamine groups is 1. The van der Waals surface area contributed by atoms with Crippen molar-refractivity contribution < 1.29 is 23.2 Å².